The zero-order chi connectivity index (χ0) is 18.4. The van der Waals surface area contributed by atoms with E-state index >= 15 is 0 Å². The van der Waals surface area contributed by atoms with Crippen LogP contribution >= 0.6 is 0 Å². The number of nitrogens with one attached hydrogen (secondary N) is 2. The zero-order valence-electron chi connectivity index (χ0n) is 15.0. The summed E-state index contributed by atoms with van der Waals surface area (Å²) in [5, 5.41) is 5.77. The fourth-order valence-electron chi connectivity index (χ4n) is 3.53. The van der Waals surface area contributed by atoms with Crippen LogP contribution in [0.2, 0.25) is 0 Å². The highest BCUT2D eigenvalue weighted by molar-refractivity contribution is 6.01. The number of anilines is 1. The van der Waals surface area contributed by atoms with Crippen LogP contribution in [0.1, 0.15) is 68.1 Å². The molecule has 0 spiro atoms. The largest absolute Gasteiger partial charge is 0.482 e. The Labute approximate surface area is 153 Å². The summed E-state index contributed by atoms with van der Waals surface area (Å²) >= 11 is 0. The smallest absolute Gasteiger partial charge is 0.262 e. The highest BCUT2D eigenvalue weighted by Crippen LogP contribution is 2.29. The molecule has 0 aromatic heterocycles. The number of hydrogen-bond donors (Lipinski definition) is 2. The van der Waals surface area contributed by atoms with Crippen LogP contribution in [-0.2, 0) is 9.59 Å². The molecule has 1 aromatic rings. The van der Waals surface area contributed by atoms with Crippen molar-refractivity contribution in [1.82, 2.24) is 5.32 Å². The molecule has 1 aliphatic carbocycles. The van der Waals surface area contributed by atoms with Gasteiger partial charge in [-0.05, 0) is 31.0 Å². The first kappa shape index (κ1) is 18.4. The van der Waals surface area contributed by atoms with E-state index in [4.69, 9.17) is 4.74 Å². The van der Waals surface area contributed by atoms with E-state index in [0.29, 0.717) is 17.0 Å². The van der Waals surface area contributed by atoms with Crippen LogP contribution in [0.15, 0.2) is 18.2 Å². The van der Waals surface area contributed by atoms with Crippen molar-refractivity contribution in [2.45, 2.75) is 63.8 Å². The van der Waals surface area contributed by atoms with E-state index in [2.05, 4.69) is 10.6 Å². The van der Waals surface area contributed by atoms with Crippen LogP contribution in [-0.4, -0.2) is 30.2 Å². The summed E-state index contributed by atoms with van der Waals surface area (Å²) in [7, 11) is 0. The molecule has 0 unspecified atom stereocenters. The van der Waals surface area contributed by atoms with Gasteiger partial charge in [0.25, 0.3) is 5.91 Å². The van der Waals surface area contributed by atoms with Gasteiger partial charge in [0.1, 0.15) is 5.75 Å². The van der Waals surface area contributed by atoms with E-state index in [1.165, 1.54) is 19.3 Å². The van der Waals surface area contributed by atoms with E-state index in [9.17, 15) is 14.4 Å². The fraction of sp³-hybridized carbons (Fsp3) is 0.550. The van der Waals surface area contributed by atoms with Gasteiger partial charge in [-0.25, -0.2) is 0 Å². The summed E-state index contributed by atoms with van der Waals surface area (Å²) in [5.74, 6) is 0.155. The Bertz CT molecular complexity index is 678. The van der Waals surface area contributed by atoms with Crippen molar-refractivity contribution in [1.29, 1.82) is 0 Å². The number of rotatable bonds is 5. The molecule has 6 heteroatoms. The number of ketones is 1. The van der Waals surface area contributed by atoms with Gasteiger partial charge in [0.05, 0.1) is 5.69 Å². The number of benzene rings is 1. The number of amides is 2. The number of hydrogen-bond acceptors (Lipinski definition) is 4. The summed E-state index contributed by atoms with van der Waals surface area (Å²) in [6.45, 7) is -0.0123. The number of carbonyl (C=O) groups excluding carboxylic acids is 3. The number of fused-ring (bicyclic) bond motifs is 1. The van der Waals surface area contributed by atoms with Gasteiger partial charge in [-0.3, -0.25) is 14.4 Å². The summed E-state index contributed by atoms with van der Waals surface area (Å²) in [4.78, 5) is 35.9. The van der Waals surface area contributed by atoms with E-state index < -0.39 is 0 Å². The van der Waals surface area contributed by atoms with Crippen molar-refractivity contribution in [3.05, 3.63) is 23.8 Å². The summed E-state index contributed by atoms with van der Waals surface area (Å²) in [5.41, 5.74) is 0.986. The average Bonchev–Trinajstić information content (AvgIpc) is 2.61. The molecule has 2 N–H and O–H groups in total. The Morgan fingerprint density at radius 3 is 2.58 bits per heavy atom. The van der Waals surface area contributed by atoms with Gasteiger partial charge in [0.15, 0.2) is 12.4 Å². The van der Waals surface area contributed by atoms with E-state index in [1.807, 2.05) is 0 Å². The minimum atomic E-state index is -0.235. The van der Waals surface area contributed by atoms with E-state index in [-0.39, 0.29) is 43.1 Å². The molecule has 0 bridgehead atoms. The number of carbonyl (C=O) groups is 3. The Kier molecular flexibility index (Phi) is 6.26. The molecule has 1 heterocycles. The summed E-state index contributed by atoms with van der Waals surface area (Å²) in [6, 6.07) is 5.21. The van der Waals surface area contributed by atoms with Crippen LogP contribution in [0.3, 0.4) is 0 Å². The Morgan fingerprint density at radius 1 is 1.08 bits per heavy atom. The van der Waals surface area contributed by atoms with Crippen molar-refractivity contribution in [2.75, 3.05) is 11.9 Å². The van der Waals surface area contributed by atoms with Gasteiger partial charge < -0.3 is 15.4 Å². The Balaban J connectivity index is 1.49. The van der Waals surface area contributed by atoms with Gasteiger partial charge in [0.2, 0.25) is 5.91 Å². The molecule has 1 fully saturated rings. The van der Waals surface area contributed by atoms with Gasteiger partial charge in [-0.15, -0.1) is 0 Å². The second-order valence-electron chi connectivity index (χ2n) is 7.08. The maximum absolute atomic E-state index is 12.4. The molecule has 3 rings (SSSR count). The monoisotopic (exact) mass is 358 g/mol. The lowest BCUT2D eigenvalue weighted by Gasteiger charge is -2.21. The molecule has 6 nitrogen and oxygen atoms in total. The molecule has 2 aliphatic rings. The zero-order valence-corrected chi connectivity index (χ0v) is 15.0. The van der Waals surface area contributed by atoms with E-state index in [0.717, 1.165) is 25.7 Å². The fourth-order valence-corrected chi connectivity index (χ4v) is 3.53. The molecule has 0 radical (unpaired) electrons. The van der Waals surface area contributed by atoms with Crippen LogP contribution in [0, 0.1) is 0 Å². The molecular formula is C20H26N2O4. The lowest BCUT2D eigenvalue weighted by atomic mass is 9.96. The second-order valence-corrected chi connectivity index (χ2v) is 7.08. The lowest BCUT2D eigenvalue weighted by molar-refractivity contribution is -0.122. The first-order valence-electron chi connectivity index (χ1n) is 9.51. The maximum Gasteiger partial charge on any atom is 0.262 e. The molecular weight excluding hydrogens is 332 g/mol. The molecule has 140 valence electrons. The van der Waals surface area contributed by atoms with Crippen LogP contribution in [0.4, 0.5) is 5.69 Å². The first-order valence-corrected chi connectivity index (χ1v) is 9.51. The quantitative estimate of drug-likeness (QED) is 0.792. The molecule has 1 aromatic carbocycles. The average molecular weight is 358 g/mol. The standard InChI is InChI=1S/C20H26N2O4/c23-17(14-8-10-18-16(12-14)22-20(25)13-26-18)9-11-19(24)21-15-6-4-2-1-3-5-7-15/h8,10,12,15H,1-7,9,11,13H2,(H,21,24)(H,22,25). The van der Waals surface area contributed by atoms with Crippen molar-refractivity contribution >= 4 is 23.3 Å². The number of Topliss-reactive ketones (excluding diaryl/α,β-unsaturated/α-hetero) is 1. The van der Waals surface area contributed by atoms with Crippen molar-refractivity contribution in [3.63, 3.8) is 0 Å². The topological polar surface area (TPSA) is 84.5 Å². The summed E-state index contributed by atoms with van der Waals surface area (Å²) in [6.07, 6.45) is 8.50. The minimum absolute atomic E-state index is 0.0123. The molecule has 26 heavy (non-hydrogen) atoms. The second kappa shape index (κ2) is 8.83. The van der Waals surface area contributed by atoms with Crippen molar-refractivity contribution in [2.24, 2.45) is 0 Å². The minimum Gasteiger partial charge on any atom is -0.482 e. The molecule has 0 atom stereocenters. The van der Waals surface area contributed by atoms with Gasteiger partial charge in [-0.1, -0.05) is 32.1 Å². The third kappa shape index (κ3) is 5.07. The van der Waals surface area contributed by atoms with Crippen LogP contribution in [0.25, 0.3) is 0 Å². The first-order chi connectivity index (χ1) is 12.6. The maximum atomic E-state index is 12.4. The van der Waals surface area contributed by atoms with Gasteiger partial charge >= 0.3 is 0 Å². The predicted molar refractivity (Wildman–Crippen MR) is 98.4 cm³/mol. The van der Waals surface area contributed by atoms with Crippen LogP contribution < -0.4 is 15.4 Å². The molecule has 2 amide bonds. The van der Waals surface area contributed by atoms with Gasteiger partial charge in [0, 0.05) is 24.4 Å². The van der Waals surface area contributed by atoms with Crippen molar-refractivity contribution < 1.29 is 19.1 Å². The van der Waals surface area contributed by atoms with E-state index in [1.54, 1.807) is 18.2 Å². The highest BCUT2D eigenvalue weighted by Gasteiger charge is 2.19. The summed E-state index contributed by atoms with van der Waals surface area (Å²) < 4.78 is 5.28. The third-order valence-corrected chi connectivity index (χ3v) is 4.98. The molecule has 0 saturated heterocycles. The number of ether oxygens (including phenoxy) is 1. The molecule has 1 aliphatic heterocycles. The Morgan fingerprint density at radius 2 is 1.81 bits per heavy atom. The SMILES string of the molecule is O=C1COc2ccc(C(=O)CCC(=O)NC3CCCCCCC3)cc2N1. The lowest BCUT2D eigenvalue weighted by Crippen LogP contribution is -2.35. The third-order valence-electron chi connectivity index (χ3n) is 4.98. The van der Waals surface area contributed by atoms with Gasteiger partial charge in [-0.2, -0.15) is 0 Å². The Hall–Kier alpha value is -2.37. The van der Waals surface area contributed by atoms with Crippen LogP contribution in [0.5, 0.6) is 5.75 Å². The highest BCUT2D eigenvalue weighted by atomic mass is 16.5. The normalized spacial score (nSPS) is 17.9. The van der Waals surface area contributed by atoms with Crippen molar-refractivity contribution in [3.8, 4) is 5.75 Å². The molecule has 1 saturated carbocycles. The predicted octanol–water partition coefficient (Wildman–Crippen LogP) is 3.21.